The van der Waals surface area contributed by atoms with Gasteiger partial charge in [0.25, 0.3) is 0 Å². The lowest BCUT2D eigenvalue weighted by Gasteiger charge is -2.56. The normalized spacial score (nSPS) is 35.5. The van der Waals surface area contributed by atoms with Crippen molar-refractivity contribution in [2.75, 3.05) is 6.54 Å². The summed E-state index contributed by atoms with van der Waals surface area (Å²) in [5.74, 6) is 2.15. The fraction of sp³-hybridized carbons (Fsp3) is 0.714. The Kier molecular flexibility index (Phi) is 4.32. The molecule has 5 aliphatic rings. The Balaban J connectivity index is 1.18. The van der Waals surface area contributed by atoms with Gasteiger partial charge in [-0.05, 0) is 86.6 Å². The maximum Gasteiger partial charge on any atom is 0.321 e. The van der Waals surface area contributed by atoms with Gasteiger partial charge in [0.05, 0.1) is 6.04 Å². The number of urea groups is 1. The standard InChI is InChI=1S/C21H29N3O2S/c1-13(24-4-2-18-17(12-24)3-5-27-18)19(25)22-20(26)23-21-9-14-6-15(10-21)8-16(7-14)11-21/h3,5,13-16H,2,4,6-12H2,1H3,(H2,22,23,25,26)/t13-,14?,15?,16?,21?/m0/s1. The molecule has 4 fully saturated rings. The Morgan fingerprint density at radius 2 is 1.85 bits per heavy atom. The Morgan fingerprint density at radius 3 is 2.52 bits per heavy atom. The van der Waals surface area contributed by atoms with E-state index in [-0.39, 0.29) is 23.5 Å². The van der Waals surface area contributed by atoms with Crippen molar-refractivity contribution in [3.8, 4) is 0 Å². The highest BCUT2D eigenvalue weighted by Gasteiger charge is 2.51. The van der Waals surface area contributed by atoms with Crippen LogP contribution in [0.5, 0.6) is 0 Å². The molecule has 0 unspecified atom stereocenters. The summed E-state index contributed by atoms with van der Waals surface area (Å²) in [7, 11) is 0. The van der Waals surface area contributed by atoms with E-state index in [4.69, 9.17) is 0 Å². The lowest BCUT2D eigenvalue weighted by atomic mass is 9.53. The van der Waals surface area contributed by atoms with Crippen LogP contribution in [0.4, 0.5) is 4.79 Å². The third-order valence-electron chi connectivity index (χ3n) is 7.42. The smallest absolute Gasteiger partial charge is 0.321 e. The molecule has 3 amide bonds. The minimum atomic E-state index is -0.292. The van der Waals surface area contributed by atoms with Gasteiger partial charge in [-0.2, -0.15) is 0 Å². The monoisotopic (exact) mass is 387 g/mol. The van der Waals surface area contributed by atoms with Crippen LogP contribution in [0.2, 0.25) is 0 Å². The van der Waals surface area contributed by atoms with Gasteiger partial charge >= 0.3 is 6.03 Å². The fourth-order valence-electron chi connectivity index (χ4n) is 6.52. The number of carbonyl (C=O) groups is 2. The van der Waals surface area contributed by atoms with Gasteiger partial charge in [-0.3, -0.25) is 15.0 Å². The fourth-order valence-corrected chi connectivity index (χ4v) is 7.41. The molecule has 1 aromatic rings. The summed E-state index contributed by atoms with van der Waals surface area (Å²) in [6.45, 7) is 3.58. The Bertz CT molecular complexity index is 723. The van der Waals surface area contributed by atoms with Gasteiger partial charge in [0.2, 0.25) is 5.91 Å². The average molecular weight is 388 g/mol. The summed E-state index contributed by atoms with van der Waals surface area (Å²) < 4.78 is 0. The highest BCUT2D eigenvalue weighted by Crippen LogP contribution is 2.55. The van der Waals surface area contributed by atoms with E-state index >= 15 is 0 Å². The largest absolute Gasteiger partial charge is 0.332 e. The molecule has 146 valence electrons. The van der Waals surface area contributed by atoms with Crippen LogP contribution in [0.3, 0.4) is 0 Å². The number of nitrogens with one attached hydrogen (secondary N) is 2. The van der Waals surface area contributed by atoms with Crippen molar-refractivity contribution in [3.05, 3.63) is 21.9 Å². The summed E-state index contributed by atoms with van der Waals surface area (Å²) in [6.07, 6.45) is 8.33. The van der Waals surface area contributed by atoms with E-state index in [1.54, 1.807) is 11.3 Å². The summed E-state index contributed by atoms with van der Waals surface area (Å²) in [5.41, 5.74) is 1.27. The molecule has 4 bridgehead atoms. The zero-order valence-corrected chi connectivity index (χ0v) is 16.8. The minimum absolute atomic E-state index is 0.0565. The number of hydrogen-bond donors (Lipinski definition) is 2. The van der Waals surface area contributed by atoms with Gasteiger partial charge in [-0.1, -0.05) is 0 Å². The van der Waals surface area contributed by atoms with Gasteiger partial charge in [-0.25, -0.2) is 4.79 Å². The number of hydrogen-bond acceptors (Lipinski definition) is 4. The molecule has 0 saturated heterocycles. The first-order chi connectivity index (χ1) is 13.0. The molecule has 27 heavy (non-hydrogen) atoms. The second kappa shape index (κ2) is 6.59. The van der Waals surface area contributed by atoms with E-state index in [0.29, 0.717) is 0 Å². The first-order valence-electron chi connectivity index (χ1n) is 10.4. The van der Waals surface area contributed by atoms with Crippen LogP contribution >= 0.6 is 11.3 Å². The van der Waals surface area contributed by atoms with Gasteiger partial charge in [0.1, 0.15) is 0 Å². The maximum atomic E-state index is 12.7. The van der Waals surface area contributed by atoms with E-state index < -0.39 is 0 Å². The van der Waals surface area contributed by atoms with Crippen LogP contribution in [0, 0.1) is 17.8 Å². The van der Waals surface area contributed by atoms with Crippen LogP contribution in [0.15, 0.2) is 11.4 Å². The van der Waals surface area contributed by atoms with E-state index in [0.717, 1.165) is 56.5 Å². The Labute approximate surface area is 164 Å². The number of amides is 3. The second-order valence-corrected chi connectivity index (χ2v) is 10.4. The maximum absolute atomic E-state index is 12.7. The van der Waals surface area contributed by atoms with E-state index in [2.05, 4.69) is 27.0 Å². The zero-order valence-electron chi connectivity index (χ0n) is 16.0. The first kappa shape index (κ1) is 17.7. The summed E-state index contributed by atoms with van der Waals surface area (Å²) in [4.78, 5) is 28.9. The molecule has 0 spiro atoms. The lowest BCUT2D eigenvalue weighted by molar-refractivity contribution is -0.125. The van der Waals surface area contributed by atoms with Crippen molar-refractivity contribution in [2.24, 2.45) is 17.8 Å². The van der Waals surface area contributed by atoms with Crippen LogP contribution in [0.1, 0.15) is 55.9 Å². The summed E-state index contributed by atoms with van der Waals surface area (Å²) in [6, 6.07) is 1.57. The van der Waals surface area contributed by atoms with Crippen molar-refractivity contribution >= 4 is 23.3 Å². The van der Waals surface area contributed by atoms with Gasteiger partial charge in [0, 0.05) is 23.5 Å². The molecule has 2 heterocycles. The Morgan fingerprint density at radius 1 is 1.19 bits per heavy atom. The second-order valence-electron chi connectivity index (χ2n) is 9.41. The molecule has 4 aliphatic carbocycles. The molecule has 0 radical (unpaired) electrons. The number of fused-ring (bicyclic) bond motifs is 1. The molecule has 6 heteroatoms. The van der Waals surface area contributed by atoms with Crippen molar-refractivity contribution < 1.29 is 9.59 Å². The molecular formula is C21H29N3O2S. The Hall–Kier alpha value is -1.40. The van der Waals surface area contributed by atoms with Crippen molar-refractivity contribution in [1.29, 1.82) is 0 Å². The van der Waals surface area contributed by atoms with E-state index in [1.807, 2.05) is 6.92 Å². The average Bonchev–Trinajstić information content (AvgIpc) is 3.06. The van der Waals surface area contributed by atoms with E-state index in [1.165, 1.54) is 29.7 Å². The number of rotatable bonds is 3. The molecule has 1 atom stereocenters. The third kappa shape index (κ3) is 3.31. The highest BCUT2D eigenvalue weighted by molar-refractivity contribution is 7.10. The molecular weight excluding hydrogens is 358 g/mol. The number of carbonyl (C=O) groups excluding carboxylic acids is 2. The van der Waals surface area contributed by atoms with Crippen LogP contribution < -0.4 is 10.6 Å². The SMILES string of the molecule is C[C@@H](C(=O)NC(=O)NC12CC3CC(CC(C3)C1)C2)N1CCc2sccc2C1. The van der Waals surface area contributed by atoms with Crippen LogP contribution in [-0.2, 0) is 17.8 Å². The highest BCUT2D eigenvalue weighted by atomic mass is 32.1. The van der Waals surface area contributed by atoms with Crippen molar-refractivity contribution in [1.82, 2.24) is 15.5 Å². The zero-order chi connectivity index (χ0) is 18.6. The minimum Gasteiger partial charge on any atom is -0.332 e. The number of imide groups is 1. The number of thiophene rings is 1. The summed E-state index contributed by atoms with van der Waals surface area (Å²) in [5, 5.41) is 8.00. The molecule has 6 rings (SSSR count). The topological polar surface area (TPSA) is 61.4 Å². The lowest BCUT2D eigenvalue weighted by Crippen LogP contribution is -2.62. The molecule has 1 aromatic heterocycles. The first-order valence-corrected chi connectivity index (χ1v) is 11.3. The third-order valence-corrected chi connectivity index (χ3v) is 8.44. The van der Waals surface area contributed by atoms with Gasteiger partial charge < -0.3 is 5.32 Å². The van der Waals surface area contributed by atoms with Gasteiger partial charge in [0.15, 0.2) is 0 Å². The molecule has 5 nitrogen and oxygen atoms in total. The molecule has 2 N–H and O–H groups in total. The predicted octanol–water partition coefficient (Wildman–Crippen LogP) is 3.29. The predicted molar refractivity (Wildman–Crippen MR) is 105 cm³/mol. The van der Waals surface area contributed by atoms with Gasteiger partial charge in [-0.15, -0.1) is 11.3 Å². The van der Waals surface area contributed by atoms with Crippen molar-refractivity contribution in [2.45, 2.75) is 70.0 Å². The molecule has 0 aromatic carbocycles. The number of nitrogens with zero attached hydrogens (tertiary/aromatic N) is 1. The van der Waals surface area contributed by atoms with Crippen LogP contribution in [-0.4, -0.2) is 35.0 Å². The van der Waals surface area contributed by atoms with Crippen molar-refractivity contribution in [3.63, 3.8) is 0 Å². The van der Waals surface area contributed by atoms with Crippen LogP contribution in [0.25, 0.3) is 0 Å². The molecule has 4 saturated carbocycles. The summed E-state index contributed by atoms with van der Waals surface area (Å²) >= 11 is 1.80. The molecule has 1 aliphatic heterocycles. The quantitative estimate of drug-likeness (QED) is 0.837. The van der Waals surface area contributed by atoms with E-state index in [9.17, 15) is 9.59 Å².